The molecule has 0 aliphatic carbocycles. The fourth-order valence-corrected chi connectivity index (χ4v) is 2.15. The Morgan fingerprint density at radius 1 is 1.26 bits per heavy atom. The zero-order chi connectivity index (χ0) is 17.0. The number of hydrogen-bond donors (Lipinski definition) is 2. The van der Waals surface area contributed by atoms with Crippen molar-refractivity contribution in [2.45, 2.75) is 46.1 Å². The molecule has 2 N–H and O–H groups in total. The van der Waals surface area contributed by atoms with E-state index < -0.39 is 5.82 Å². The molecule has 1 heterocycles. The first-order valence-electron chi connectivity index (χ1n) is 7.71. The van der Waals surface area contributed by atoms with Crippen molar-refractivity contribution >= 4 is 29.1 Å². The number of halogens is 2. The van der Waals surface area contributed by atoms with Crippen molar-refractivity contribution in [1.29, 1.82) is 0 Å². The van der Waals surface area contributed by atoms with E-state index in [1.807, 2.05) is 6.92 Å². The van der Waals surface area contributed by atoms with Crippen molar-refractivity contribution < 1.29 is 4.39 Å². The average molecular weight is 337 g/mol. The zero-order valence-electron chi connectivity index (χ0n) is 13.9. The lowest BCUT2D eigenvalue weighted by atomic mass is 9.96. The van der Waals surface area contributed by atoms with E-state index >= 15 is 0 Å². The van der Waals surface area contributed by atoms with Gasteiger partial charge in [0.2, 0.25) is 5.95 Å². The van der Waals surface area contributed by atoms with Gasteiger partial charge in [0.25, 0.3) is 0 Å². The van der Waals surface area contributed by atoms with Crippen LogP contribution in [-0.2, 0) is 0 Å². The van der Waals surface area contributed by atoms with Gasteiger partial charge in [-0.3, -0.25) is 0 Å². The SMILES string of the molecule is CCC(C)(CC)Nc1ncc(C)c(Nc2ccc(Cl)c(F)c2)n1. The van der Waals surface area contributed by atoms with E-state index in [0.717, 1.165) is 18.4 Å². The first-order valence-corrected chi connectivity index (χ1v) is 8.08. The molecule has 0 amide bonds. The highest BCUT2D eigenvalue weighted by Gasteiger charge is 2.20. The monoisotopic (exact) mass is 336 g/mol. The van der Waals surface area contributed by atoms with Crippen molar-refractivity contribution in [3.8, 4) is 0 Å². The van der Waals surface area contributed by atoms with Gasteiger partial charge < -0.3 is 10.6 Å². The van der Waals surface area contributed by atoms with Gasteiger partial charge in [0.15, 0.2) is 0 Å². The third kappa shape index (κ3) is 4.32. The van der Waals surface area contributed by atoms with E-state index in [9.17, 15) is 4.39 Å². The Balaban J connectivity index is 2.25. The van der Waals surface area contributed by atoms with Crippen LogP contribution in [0.1, 0.15) is 39.2 Å². The van der Waals surface area contributed by atoms with Gasteiger partial charge in [0, 0.05) is 23.0 Å². The molecule has 1 aromatic carbocycles. The highest BCUT2D eigenvalue weighted by molar-refractivity contribution is 6.30. The van der Waals surface area contributed by atoms with Crippen LogP contribution in [0.5, 0.6) is 0 Å². The van der Waals surface area contributed by atoms with Crippen molar-refractivity contribution in [2.75, 3.05) is 10.6 Å². The minimum Gasteiger partial charge on any atom is -0.349 e. The molecular formula is C17H22ClFN4. The maximum absolute atomic E-state index is 13.6. The summed E-state index contributed by atoms with van der Waals surface area (Å²) >= 11 is 5.71. The van der Waals surface area contributed by atoms with Crippen LogP contribution >= 0.6 is 11.6 Å². The Labute approximate surface area is 141 Å². The third-order valence-corrected chi connectivity index (χ3v) is 4.43. The van der Waals surface area contributed by atoms with Crippen molar-refractivity contribution in [3.05, 3.63) is 40.8 Å². The van der Waals surface area contributed by atoms with Gasteiger partial charge in [0.1, 0.15) is 11.6 Å². The molecule has 4 nitrogen and oxygen atoms in total. The normalized spacial score (nSPS) is 11.4. The van der Waals surface area contributed by atoms with Gasteiger partial charge in [-0.05, 0) is 44.9 Å². The number of benzene rings is 1. The van der Waals surface area contributed by atoms with Crippen LogP contribution in [0, 0.1) is 12.7 Å². The van der Waals surface area contributed by atoms with Gasteiger partial charge in [-0.15, -0.1) is 0 Å². The number of hydrogen-bond acceptors (Lipinski definition) is 4. The first-order chi connectivity index (χ1) is 10.9. The molecule has 0 bridgehead atoms. The van der Waals surface area contributed by atoms with Gasteiger partial charge in [0.05, 0.1) is 5.02 Å². The third-order valence-electron chi connectivity index (χ3n) is 4.13. The molecule has 0 radical (unpaired) electrons. The Morgan fingerprint density at radius 2 is 1.96 bits per heavy atom. The smallest absolute Gasteiger partial charge is 0.225 e. The number of rotatable bonds is 6. The maximum Gasteiger partial charge on any atom is 0.225 e. The van der Waals surface area contributed by atoms with E-state index in [0.29, 0.717) is 17.5 Å². The predicted octanol–water partition coefficient (Wildman–Crippen LogP) is 5.31. The molecule has 0 aliphatic rings. The second-order valence-electron chi connectivity index (χ2n) is 5.87. The zero-order valence-corrected chi connectivity index (χ0v) is 14.6. The van der Waals surface area contributed by atoms with Gasteiger partial charge >= 0.3 is 0 Å². The Hall–Kier alpha value is -1.88. The molecule has 0 saturated heterocycles. The molecule has 0 spiro atoms. The molecule has 0 atom stereocenters. The summed E-state index contributed by atoms with van der Waals surface area (Å²) in [6.45, 7) is 8.29. The van der Waals surface area contributed by atoms with Crippen LogP contribution in [0.25, 0.3) is 0 Å². The molecule has 2 aromatic rings. The fraction of sp³-hybridized carbons (Fsp3) is 0.412. The number of anilines is 3. The Kier molecular flexibility index (Phi) is 5.42. The molecule has 0 unspecified atom stereocenters. The number of nitrogens with one attached hydrogen (secondary N) is 2. The summed E-state index contributed by atoms with van der Waals surface area (Å²) in [4.78, 5) is 8.85. The van der Waals surface area contributed by atoms with Crippen LogP contribution in [0.15, 0.2) is 24.4 Å². The number of nitrogens with zero attached hydrogens (tertiary/aromatic N) is 2. The summed E-state index contributed by atoms with van der Waals surface area (Å²) in [5.74, 6) is 0.726. The predicted molar refractivity (Wildman–Crippen MR) is 94.1 cm³/mol. The maximum atomic E-state index is 13.6. The minimum atomic E-state index is -0.466. The molecular weight excluding hydrogens is 315 g/mol. The summed E-state index contributed by atoms with van der Waals surface area (Å²) in [6, 6.07) is 4.57. The summed E-state index contributed by atoms with van der Waals surface area (Å²) in [7, 11) is 0. The van der Waals surface area contributed by atoms with Crippen LogP contribution in [0.4, 0.5) is 21.8 Å². The lowest BCUT2D eigenvalue weighted by molar-refractivity contribution is 0.474. The average Bonchev–Trinajstić information content (AvgIpc) is 2.54. The Bertz CT molecular complexity index is 686. The van der Waals surface area contributed by atoms with E-state index in [4.69, 9.17) is 11.6 Å². The van der Waals surface area contributed by atoms with Crippen LogP contribution in [-0.4, -0.2) is 15.5 Å². The second-order valence-corrected chi connectivity index (χ2v) is 6.28. The minimum absolute atomic E-state index is 0.0566. The first kappa shape index (κ1) is 17.5. The summed E-state index contributed by atoms with van der Waals surface area (Å²) < 4.78 is 13.6. The van der Waals surface area contributed by atoms with Crippen molar-refractivity contribution in [2.24, 2.45) is 0 Å². The largest absolute Gasteiger partial charge is 0.349 e. The quantitative estimate of drug-likeness (QED) is 0.750. The lowest BCUT2D eigenvalue weighted by Crippen LogP contribution is -2.33. The fourth-order valence-electron chi connectivity index (χ4n) is 2.04. The molecule has 0 fully saturated rings. The molecule has 0 saturated carbocycles. The highest BCUT2D eigenvalue weighted by atomic mass is 35.5. The second kappa shape index (κ2) is 7.13. The lowest BCUT2D eigenvalue weighted by Gasteiger charge is -2.28. The summed E-state index contributed by atoms with van der Waals surface area (Å²) in [5.41, 5.74) is 1.41. The standard InChI is InChI=1S/C17H22ClFN4/c1-5-17(4,6-2)23-16-20-10-11(3)15(22-16)21-12-7-8-13(18)14(19)9-12/h7-10H,5-6H2,1-4H3,(H2,20,21,22,23). The summed E-state index contributed by atoms with van der Waals surface area (Å²) in [5, 5.41) is 6.58. The molecule has 2 rings (SSSR count). The molecule has 0 aliphatic heterocycles. The number of aryl methyl sites for hydroxylation is 1. The Morgan fingerprint density at radius 3 is 2.57 bits per heavy atom. The van der Waals surface area contributed by atoms with Gasteiger partial charge in [-0.1, -0.05) is 25.4 Å². The molecule has 1 aromatic heterocycles. The van der Waals surface area contributed by atoms with E-state index in [-0.39, 0.29) is 10.6 Å². The van der Waals surface area contributed by atoms with Crippen molar-refractivity contribution in [3.63, 3.8) is 0 Å². The van der Waals surface area contributed by atoms with E-state index in [2.05, 4.69) is 41.4 Å². The highest BCUT2D eigenvalue weighted by Crippen LogP contribution is 2.25. The summed E-state index contributed by atoms with van der Waals surface area (Å²) in [6.07, 6.45) is 3.67. The molecule has 124 valence electrons. The van der Waals surface area contributed by atoms with Gasteiger partial charge in [-0.2, -0.15) is 4.98 Å². The number of aromatic nitrogens is 2. The van der Waals surface area contributed by atoms with Crippen molar-refractivity contribution in [1.82, 2.24) is 9.97 Å². The van der Waals surface area contributed by atoms with Crippen LogP contribution in [0.3, 0.4) is 0 Å². The van der Waals surface area contributed by atoms with E-state index in [1.54, 1.807) is 12.3 Å². The molecule has 6 heteroatoms. The van der Waals surface area contributed by atoms with Crippen LogP contribution < -0.4 is 10.6 Å². The molecule has 23 heavy (non-hydrogen) atoms. The van der Waals surface area contributed by atoms with E-state index in [1.165, 1.54) is 12.1 Å². The van der Waals surface area contributed by atoms with Gasteiger partial charge in [-0.25, -0.2) is 9.37 Å². The van der Waals surface area contributed by atoms with Crippen LogP contribution in [0.2, 0.25) is 5.02 Å². The topological polar surface area (TPSA) is 49.8 Å².